The molecule has 1 unspecified atom stereocenters. The van der Waals surface area contributed by atoms with E-state index in [1.807, 2.05) is 30.3 Å². The minimum Gasteiger partial charge on any atom is -0.491 e. The largest absolute Gasteiger partial charge is 0.491 e. The van der Waals surface area contributed by atoms with Gasteiger partial charge in [-0.05, 0) is 31.5 Å². The Bertz CT molecular complexity index is 298. The van der Waals surface area contributed by atoms with Crippen molar-refractivity contribution in [2.24, 2.45) is 0 Å². The summed E-state index contributed by atoms with van der Waals surface area (Å²) >= 11 is 0. The summed E-state index contributed by atoms with van der Waals surface area (Å²) in [4.78, 5) is 0. The zero-order valence-electron chi connectivity index (χ0n) is 11.4. The first-order valence-electron chi connectivity index (χ1n) is 6.38. The third-order valence-corrected chi connectivity index (χ3v) is 2.52. The van der Waals surface area contributed by atoms with Gasteiger partial charge in [0.2, 0.25) is 0 Å². The molecular formula is C14H24ClNO3. The fourth-order valence-corrected chi connectivity index (χ4v) is 1.53. The molecule has 0 aliphatic rings. The lowest BCUT2D eigenvalue weighted by Crippen LogP contribution is -2.32. The van der Waals surface area contributed by atoms with Crippen molar-refractivity contribution in [3.05, 3.63) is 30.3 Å². The van der Waals surface area contributed by atoms with Crippen LogP contribution in [0.2, 0.25) is 0 Å². The third kappa shape index (κ3) is 9.73. The van der Waals surface area contributed by atoms with Gasteiger partial charge >= 0.3 is 0 Å². The lowest BCUT2D eigenvalue weighted by atomic mass is 10.3. The fourth-order valence-electron chi connectivity index (χ4n) is 1.53. The molecule has 0 heterocycles. The highest BCUT2D eigenvalue weighted by molar-refractivity contribution is 5.85. The van der Waals surface area contributed by atoms with E-state index in [0.29, 0.717) is 13.2 Å². The second-order valence-corrected chi connectivity index (χ2v) is 4.18. The van der Waals surface area contributed by atoms with Crippen LogP contribution in [-0.2, 0) is 4.74 Å². The predicted molar refractivity (Wildman–Crippen MR) is 79.2 cm³/mol. The number of rotatable bonds is 10. The molecule has 0 aliphatic carbocycles. The van der Waals surface area contributed by atoms with Gasteiger partial charge < -0.3 is 19.9 Å². The minimum absolute atomic E-state index is 0. The molecule has 0 bridgehead atoms. The molecule has 1 rings (SSSR count). The topological polar surface area (TPSA) is 50.7 Å². The number of methoxy groups -OCH3 is 1. The molecule has 1 aromatic rings. The number of nitrogens with one attached hydrogen (secondary N) is 1. The summed E-state index contributed by atoms with van der Waals surface area (Å²) in [7, 11) is 1.71. The minimum atomic E-state index is -0.479. The SMILES string of the molecule is COCCCCNCC(O)COc1ccccc1.Cl. The zero-order chi connectivity index (χ0) is 13.1. The molecule has 0 spiro atoms. The van der Waals surface area contributed by atoms with E-state index in [2.05, 4.69) is 5.32 Å². The first-order valence-corrected chi connectivity index (χ1v) is 6.38. The molecular weight excluding hydrogens is 266 g/mol. The van der Waals surface area contributed by atoms with Crippen molar-refractivity contribution in [2.75, 3.05) is 33.4 Å². The predicted octanol–water partition coefficient (Wildman–Crippen LogP) is 1.86. The summed E-state index contributed by atoms with van der Waals surface area (Å²) in [6.45, 7) is 2.56. The third-order valence-electron chi connectivity index (χ3n) is 2.52. The maximum absolute atomic E-state index is 9.70. The first-order chi connectivity index (χ1) is 8.83. The van der Waals surface area contributed by atoms with E-state index in [4.69, 9.17) is 9.47 Å². The molecule has 19 heavy (non-hydrogen) atoms. The van der Waals surface area contributed by atoms with Crippen LogP contribution in [0.25, 0.3) is 0 Å². The smallest absolute Gasteiger partial charge is 0.119 e. The van der Waals surface area contributed by atoms with E-state index in [-0.39, 0.29) is 12.4 Å². The van der Waals surface area contributed by atoms with Crippen LogP contribution >= 0.6 is 12.4 Å². The summed E-state index contributed by atoms with van der Waals surface area (Å²) in [5.41, 5.74) is 0. The Labute approximate surface area is 121 Å². The highest BCUT2D eigenvalue weighted by atomic mass is 35.5. The van der Waals surface area contributed by atoms with E-state index < -0.39 is 6.10 Å². The standard InChI is InChI=1S/C14H23NO3.ClH/c1-17-10-6-5-9-15-11-13(16)12-18-14-7-3-2-4-8-14;/h2-4,7-8,13,15-16H,5-6,9-12H2,1H3;1H. The number of halogens is 1. The molecule has 2 N–H and O–H groups in total. The summed E-state index contributed by atoms with van der Waals surface area (Å²) in [5.74, 6) is 0.789. The maximum atomic E-state index is 9.70. The molecule has 0 fully saturated rings. The second kappa shape index (κ2) is 12.2. The van der Waals surface area contributed by atoms with Crippen LogP contribution in [0.5, 0.6) is 5.75 Å². The number of ether oxygens (including phenoxy) is 2. The average molecular weight is 290 g/mol. The van der Waals surface area contributed by atoms with Gasteiger partial charge in [-0.2, -0.15) is 0 Å². The lowest BCUT2D eigenvalue weighted by Gasteiger charge is -2.13. The number of para-hydroxylation sites is 1. The molecule has 0 aliphatic heterocycles. The van der Waals surface area contributed by atoms with Crippen LogP contribution in [0.15, 0.2) is 30.3 Å². The van der Waals surface area contributed by atoms with Crippen LogP contribution in [0, 0.1) is 0 Å². The van der Waals surface area contributed by atoms with Gasteiger partial charge in [-0.25, -0.2) is 0 Å². The highest BCUT2D eigenvalue weighted by Crippen LogP contribution is 2.08. The van der Waals surface area contributed by atoms with E-state index in [1.165, 1.54) is 0 Å². The van der Waals surface area contributed by atoms with Gasteiger partial charge in [-0.1, -0.05) is 18.2 Å². The summed E-state index contributed by atoms with van der Waals surface area (Å²) in [5, 5.41) is 12.9. The number of hydrogen-bond acceptors (Lipinski definition) is 4. The van der Waals surface area contributed by atoms with Crippen LogP contribution in [0.4, 0.5) is 0 Å². The quantitative estimate of drug-likeness (QED) is 0.646. The van der Waals surface area contributed by atoms with E-state index in [1.54, 1.807) is 7.11 Å². The van der Waals surface area contributed by atoms with Crippen molar-refractivity contribution in [3.8, 4) is 5.75 Å². The second-order valence-electron chi connectivity index (χ2n) is 4.18. The van der Waals surface area contributed by atoms with Crippen LogP contribution in [-0.4, -0.2) is 44.6 Å². The molecule has 0 amide bonds. The van der Waals surface area contributed by atoms with Gasteiger partial charge in [-0.3, -0.25) is 0 Å². The van der Waals surface area contributed by atoms with Gasteiger partial charge in [-0.15, -0.1) is 12.4 Å². The van der Waals surface area contributed by atoms with Crippen LogP contribution in [0.1, 0.15) is 12.8 Å². The van der Waals surface area contributed by atoms with Crippen molar-refractivity contribution < 1.29 is 14.6 Å². The van der Waals surface area contributed by atoms with Gasteiger partial charge in [0.1, 0.15) is 18.5 Å². The number of aliphatic hydroxyl groups excluding tert-OH is 1. The Kier molecular flexibility index (Phi) is 11.7. The molecule has 110 valence electrons. The van der Waals surface area contributed by atoms with Crippen molar-refractivity contribution in [2.45, 2.75) is 18.9 Å². The Morgan fingerprint density at radius 3 is 2.63 bits per heavy atom. The van der Waals surface area contributed by atoms with Gasteiger partial charge in [0.15, 0.2) is 0 Å². The first kappa shape index (κ1) is 18.2. The van der Waals surface area contributed by atoms with Crippen molar-refractivity contribution in [1.82, 2.24) is 5.32 Å². The number of hydrogen-bond donors (Lipinski definition) is 2. The zero-order valence-corrected chi connectivity index (χ0v) is 12.2. The Morgan fingerprint density at radius 2 is 1.95 bits per heavy atom. The van der Waals surface area contributed by atoms with Gasteiger partial charge in [0, 0.05) is 20.3 Å². The highest BCUT2D eigenvalue weighted by Gasteiger charge is 2.04. The van der Waals surface area contributed by atoms with Crippen LogP contribution in [0.3, 0.4) is 0 Å². The maximum Gasteiger partial charge on any atom is 0.119 e. The number of benzene rings is 1. The van der Waals surface area contributed by atoms with Gasteiger partial charge in [0.25, 0.3) is 0 Å². The van der Waals surface area contributed by atoms with E-state index in [0.717, 1.165) is 31.7 Å². The van der Waals surface area contributed by atoms with Crippen molar-refractivity contribution in [3.63, 3.8) is 0 Å². The van der Waals surface area contributed by atoms with E-state index >= 15 is 0 Å². The average Bonchev–Trinajstić information content (AvgIpc) is 2.41. The molecule has 5 heteroatoms. The van der Waals surface area contributed by atoms with Gasteiger partial charge in [0.05, 0.1) is 0 Å². The summed E-state index contributed by atoms with van der Waals surface area (Å²) in [6, 6.07) is 9.52. The van der Waals surface area contributed by atoms with Crippen LogP contribution < -0.4 is 10.1 Å². The molecule has 1 aromatic carbocycles. The molecule has 0 saturated carbocycles. The van der Waals surface area contributed by atoms with Crippen molar-refractivity contribution in [1.29, 1.82) is 0 Å². The molecule has 0 saturated heterocycles. The number of aliphatic hydroxyl groups is 1. The molecule has 0 aromatic heterocycles. The molecule has 1 atom stereocenters. The Balaban J connectivity index is 0.00000324. The van der Waals surface area contributed by atoms with E-state index in [9.17, 15) is 5.11 Å². The molecule has 0 radical (unpaired) electrons. The summed E-state index contributed by atoms with van der Waals surface area (Å²) < 4.78 is 10.4. The molecule has 4 nitrogen and oxygen atoms in total. The monoisotopic (exact) mass is 289 g/mol. The van der Waals surface area contributed by atoms with Crippen molar-refractivity contribution >= 4 is 12.4 Å². The summed E-state index contributed by atoms with van der Waals surface area (Å²) in [6.07, 6.45) is 1.62. The number of unbranched alkanes of at least 4 members (excludes halogenated alkanes) is 1. The Hall–Kier alpha value is -0.810. The normalized spacial score (nSPS) is 11.7. The Morgan fingerprint density at radius 1 is 1.21 bits per heavy atom. The fraction of sp³-hybridized carbons (Fsp3) is 0.571. The lowest BCUT2D eigenvalue weighted by molar-refractivity contribution is 0.106.